The zero-order chi connectivity index (χ0) is 17.8. The second-order valence-corrected chi connectivity index (χ2v) is 7.49. The first-order chi connectivity index (χ1) is 12.6. The Morgan fingerprint density at radius 1 is 1.15 bits per heavy atom. The fraction of sp³-hybridized carbons (Fsp3) is 0.450. The number of aromatic nitrogens is 2. The number of imidazole rings is 1. The van der Waals surface area contributed by atoms with Crippen molar-refractivity contribution in [1.29, 1.82) is 0 Å². The lowest BCUT2D eigenvalue weighted by molar-refractivity contribution is 0.0854. The van der Waals surface area contributed by atoms with Crippen LogP contribution in [0, 0.1) is 6.92 Å². The van der Waals surface area contributed by atoms with Gasteiger partial charge in [0.2, 0.25) is 5.96 Å². The van der Waals surface area contributed by atoms with Crippen LogP contribution in [0.4, 0.5) is 5.82 Å². The zero-order valence-electron chi connectivity index (χ0n) is 15.2. The number of aryl methyl sites for hydroxylation is 1. The maximum atomic E-state index is 13.1. The van der Waals surface area contributed by atoms with E-state index in [2.05, 4.69) is 21.6 Å². The van der Waals surface area contributed by atoms with E-state index in [0.29, 0.717) is 24.3 Å². The minimum atomic E-state index is -0.00909. The Morgan fingerprint density at radius 2 is 1.92 bits per heavy atom. The molecule has 3 aliphatic rings. The van der Waals surface area contributed by atoms with Crippen molar-refractivity contribution >= 4 is 17.7 Å². The summed E-state index contributed by atoms with van der Waals surface area (Å²) < 4.78 is 2.05. The summed E-state index contributed by atoms with van der Waals surface area (Å²) in [5.41, 5.74) is 1.86. The third-order valence-corrected chi connectivity index (χ3v) is 5.88. The molecule has 1 aliphatic carbocycles. The number of aliphatic imine (C=N–C) groups is 1. The van der Waals surface area contributed by atoms with Crippen molar-refractivity contribution in [3.05, 3.63) is 47.4 Å². The van der Waals surface area contributed by atoms with Crippen LogP contribution in [0.15, 0.2) is 35.3 Å². The Labute approximate surface area is 153 Å². The molecule has 2 atom stereocenters. The molecule has 0 unspecified atom stereocenters. The van der Waals surface area contributed by atoms with E-state index >= 15 is 0 Å². The van der Waals surface area contributed by atoms with Gasteiger partial charge in [0.1, 0.15) is 5.82 Å². The Balaban J connectivity index is 1.62. The van der Waals surface area contributed by atoms with Crippen LogP contribution in [0.2, 0.25) is 0 Å². The predicted octanol–water partition coefficient (Wildman–Crippen LogP) is 2.81. The number of amides is 1. The molecule has 0 radical (unpaired) electrons. The summed E-state index contributed by atoms with van der Waals surface area (Å²) in [5.74, 6) is 2.45. The number of rotatable bonds is 2. The van der Waals surface area contributed by atoms with Gasteiger partial charge in [0, 0.05) is 13.6 Å². The normalized spacial score (nSPS) is 24.2. The van der Waals surface area contributed by atoms with E-state index in [9.17, 15) is 4.79 Å². The molecule has 1 amide bonds. The van der Waals surface area contributed by atoms with E-state index in [1.807, 2.05) is 32.2 Å². The molecule has 1 fully saturated rings. The monoisotopic (exact) mass is 349 g/mol. The molecular formula is C20H23N5O. The lowest BCUT2D eigenvalue weighted by atomic mass is 9.90. The molecule has 2 aromatic rings. The van der Waals surface area contributed by atoms with Gasteiger partial charge >= 0.3 is 0 Å². The number of hydrogen-bond donors (Lipinski definition) is 0. The Kier molecular flexibility index (Phi) is 3.42. The van der Waals surface area contributed by atoms with Crippen molar-refractivity contribution in [3.63, 3.8) is 0 Å². The van der Waals surface area contributed by atoms with Crippen molar-refractivity contribution in [3.8, 4) is 0 Å². The Morgan fingerprint density at radius 3 is 2.73 bits per heavy atom. The van der Waals surface area contributed by atoms with E-state index in [0.717, 1.165) is 30.4 Å². The highest BCUT2D eigenvalue weighted by molar-refractivity contribution is 6.18. The molecule has 2 aliphatic heterocycles. The summed E-state index contributed by atoms with van der Waals surface area (Å²) in [4.78, 5) is 26.8. The average Bonchev–Trinajstić information content (AvgIpc) is 3.19. The molecule has 6 nitrogen and oxygen atoms in total. The molecule has 134 valence electrons. The van der Waals surface area contributed by atoms with Crippen LogP contribution < -0.4 is 4.90 Å². The van der Waals surface area contributed by atoms with Crippen LogP contribution in [0.1, 0.15) is 47.6 Å². The van der Waals surface area contributed by atoms with E-state index < -0.39 is 0 Å². The first kappa shape index (κ1) is 15.6. The second kappa shape index (κ2) is 5.69. The summed E-state index contributed by atoms with van der Waals surface area (Å²) in [6.45, 7) is 2.64. The van der Waals surface area contributed by atoms with Crippen LogP contribution in [0.3, 0.4) is 0 Å². The number of carbonyl (C=O) groups is 1. The topological polar surface area (TPSA) is 53.7 Å². The van der Waals surface area contributed by atoms with Crippen molar-refractivity contribution < 1.29 is 4.79 Å². The lowest BCUT2D eigenvalue weighted by Gasteiger charge is -2.36. The fourth-order valence-electron chi connectivity index (χ4n) is 4.54. The van der Waals surface area contributed by atoms with Crippen LogP contribution in [-0.4, -0.2) is 45.4 Å². The number of hydrogen-bond acceptors (Lipinski definition) is 4. The summed E-state index contributed by atoms with van der Waals surface area (Å²) in [6, 6.07) is 10.9. The zero-order valence-corrected chi connectivity index (χ0v) is 15.2. The first-order valence-electron chi connectivity index (χ1n) is 9.41. The highest BCUT2D eigenvalue weighted by Gasteiger charge is 2.47. The largest absolute Gasteiger partial charge is 0.318 e. The summed E-state index contributed by atoms with van der Waals surface area (Å²) in [6.07, 6.45) is 4.66. The number of nitrogens with zero attached hydrogens (tertiary/aromatic N) is 5. The van der Waals surface area contributed by atoms with Crippen molar-refractivity contribution in [2.75, 3.05) is 11.9 Å². The van der Waals surface area contributed by atoms with Gasteiger partial charge in [-0.1, -0.05) is 43.2 Å². The van der Waals surface area contributed by atoms with Gasteiger partial charge in [-0.15, -0.1) is 0 Å². The Hall–Kier alpha value is -2.63. The smallest absolute Gasteiger partial charge is 0.280 e. The molecule has 3 heterocycles. The number of fused-ring (bicyclic) bond motifs is 5. The number of guanidine groups is 1. The highest BCUT2D eigenvalue weighted by atomic mass is 16.2. The SMILES string of the molecule is Cc1nc2c(n1Cc1ccccc1)C(=O)N(C)C1=N[C@@H]3CCCC[C@@H]3N12. The van der Waals surface area contributed by atoms with Gasteiger partial charge < -0.3 is 4.57 Å². The van der Waals surface area contributed by atoms with Crippen LogP contribution in [0.25, 0.3) is 0 Å². The molecule has 1 saturated carbocycles. The molecule has 26 heavy (non-hydrogen) atoms. The average molecular weight is 349 g/mol. The molecule has 0 bridgehead atoms. The molecule has 6 heteroatoms. The third kappa shape index (κ3) is 2.14. The maximum absolute atomic E-state index is 13.1. The van der Waals surface area contributed by atoms with Crippen LogP contribution >= 0.6 is 0 Å². The van der Waals surface area contributed by atoms with E-state index in [1.54, 1.807) is 4.90 Å². The highest BCUT2D eigenvalue weighted by Crippen LogP contribution is 2.39. The summed E-state index contributed by atoms with van der Waals surface area (Å²) in [7, 11) is 1.84. The van der Waals surface area contributed by atoms with Gasteiger partial charge in [-0.3, -0.25) is 14.6 Å². The molecule has 0 N–H and O–H groups in total. The molecule has 5 rings (SSSR count). The van der Waals surface area contributed by atoms with Gasteiger partial charge in [-0.25, -0.2) is 9.98 Å². The quantitative estimate of drug-likeness (QED) is 0.838. The standard InChI is InChI=1S/C20H23N5O/c1-13-21-18-17(24(13)12-14-8-4-3-5-9-14)19(26)23(2)20-22-15-10-6-7-11-16(15)25(18)20/h3-5,8-9,15-16H,6-7,10-12H2,1-2H3/t15-,16+/m1/s1. The molecular weight excluding hydrogens is 326 g/mol. The van der Waals surface area contributed by atoms with Crippen LogP contribution in [-0.2, 0) is 6.54 Å². The number of anilines is 1. The van der Waals surface area contributed by atoms with Gasteiger partial charge in [0.25, 0.3) is 5.91 Å². The fourth-order valence-corrected chi connectivity index (χ4v) is 4.54. The summed E-state index contributed by atoms with van der Waals surface area (Å²) in [5, 5.41) is 0. The van der Waals surface area contributed by atoms with Gasteiger partial charge in [-0.05, 0) is 25.3 Å². The first-order valence-corrected chi connectivity index (χ1v) is 9.41. The van der Waals surface area contributed by atoms with Gasteiger partial charge in [0.05, 0.1) is 12.1 Å². The minimum Gasteiger partial charge on any atom is -0.318 e. The molecule has 0 saturated heterocycles. The Bertz CT molecular complexity index is 900. The van der Waals surface area contributed by atoms with Gasteiger partial charge in [-0.2, -0.15) is 0 Å². The number of carbonyl (C=O) groups excluding carboxylic acids is 1. The van der Waals surface area contributed by atoms with Crippen molar-refractivity contribution in [2.45, 2.75) is 51.2 Å². The number of benzene rings is 1. The van der Waals surface area contributed by atoms with Crippen molar-refractivity contribution in [2.24, 2.45) is 4.99 Å². The second-order valence-electron chi connectivity index (χ2n) is 7.49. The molecule has 1 aromatic heterocycles. The van der Waals surface area contributed by atoms with E-state index in [4.69, 9.17) is 9.98 Å². The lowest BCUT2D eigenvalue weighted by Crippen LogP contribution is -2.52. The molecule has 1 aromatic carbocycles. The maximum Gasteiger partial charge on any atom is 0.280 e. The van der Waals surface area contributed by atoms with Crippen molar-refractivity contribution in [1.82, 2.24) is 14.5 Å². The molecule has 0 spiro atoms. The third-order valence-electron chi connectivity index (χ3n) is 5.88. The summed E-state index contributed by atoms with van der Waals surface area (Å²) >= 11 is 0. The predicted molar refractivity (Wildman–Crippen MR) is 101 cm³/mol. The van der Waals surface area contributed by atoms with E-state index in [-0.39, 0.29) is 5.91 Å². The van der Waals surface area contributed by atoms with Crippen LogP contribution in [0.5, 0.6) is 0 Å². The van der Waals surface area contributed by atoms with Gasteiger partial charge in [0.15, 0.2) is 11.5 Å². The van der Waals surface area contributed by atoms with E-state index in [1.165, 1.54) is 18.4 Å². The minimum absolute atomic E-state index is 0.00909.